The number of hydrogen-bond acceptors (Lipinski definition) is 5. The average Bonchev–Trinajstić information content (AvgIpc) is 3.29. The number of ether oxygens (including phenoxy) is 2. The zero-order valence-electron chi connectivity index (χ0n) is 18.4. The molecule has 5 rings (SSSR count). The second-order valence-corrected chi connectivity index (χ2v) is 9.08. The molecule has 3 N–H and O–H groups in total. The van der Waals surface area contributed by atoms with Crippen LogP contribution in [0.3, 0.4) is 0 Å². The summed E-state index contributed by atoms with van der Waals surface area (Å²) < 4.78 is 10.6. The first kappa shape index (κ1) is 22.3. The van der Waals surface area contributed by atoms with Gasteiger partial charge in [-0.15, -0.1) is 0 Å². The molecule has 1 aliphatic carbocycles. The average molecular weight is 485 g/mol. The summed E-state index contributed by atoms with van der Waals surface area (Å²) in [5.41, 5.74) is 1.09. The predicted octanol–water partition coefficient (Wildman–Crippen LogP) is 3.74. The Balaban J connectivity index is 1.34. The van der Waals surface area contributed by atoms with Crippen LogP contribution in [0.2, 0.25) is 5.02 Å². The number of piperazine rings is 1. The van der Waals surface area contributed by atoms with Crippen LogP contribution in [0.4, 0.5) is 16.2 Å². The number of rotatable bonds is 4. The summed E-state index contributed by atoms with van der Waals surface area (Å²) >= 11 is 5.95. The Bertz CT molecular complexity index is 1110. The van der Waals surface area contributed by atoms with Gasteiger partial charge in [0.05, 0.1) is 12.5 Å². The van der Waals surface area contributed by atoms with E-state index in [1.54, 1.807) is 47.4 Å². The van der Waals surface area contributed by atoms with Crippen LogP contribution in [0.15, 0.2) is 42.5 Å². The molecule has 2 aliphatic heterocycles. The number of anilines is 2. The zero-order chi connectivity index (χ0) is 23.7. The quantitative estimate of drug-likeness (QED) is 0.612. The molecule has 0 spiro atoms. The lowest BCUT2D eigenvalue weighted by atomic mass is 9.85. The molecule has 2 aromatic rings. The first-order chi connectivity index (χ1) is 16.5. The second-order valence-electron chi connectivity index (χ2n) is 8.65. The summed E-state index contributed by atoms with van der Waals surface area (Å²) in [6, 6.07) is 10.2. The van der Waals surface area contributed by atoms with Crippen molar-refractivity contribution >= 4 is 40.8 Å². The van der Waals surface area contributed by atoms with Crippen LogP contribution in [-0.4, -0.2) is 47.7 Å². The highest BCUT2D eigenvalue weighted by Gasteiger charge is 2.46. The Labute approximate surface area is 201 Å². The van der Waals surface area contributed by atoms with Crippen LogP contribution in [0.5, 0.6) is 11.5 Å². The fourth-order valence-electron chi connectivity index (χ4n) is 4.82. The number of carbonyl (C=O) groups is 3. The summed E-state index contributed by atoms with van der Waals surface area (Å²) in [4.78, 5) is 40.9. The third kappa shape index (κ3) is 4.61. The SMILES string of the molecule is O=C(C[C@@H]1C(=O)N[C@@H]2CCCC[C@H]2N1C(=O)Nc1ccc(Cl)cc1)Nc1ccc2c(c1)OCO2. The Morgan fingerprint density at radius 2 is 1.74 bits per heavy atom. The van der Waals surface area contributed by atoms with Crippen molar-refractivity contribution in [3.05, 3.63) is 47.5 Å². The monoisotopic (exact) mass is 484 g/mol. The van der Waals surface area contributed by atoms with Crippen LogP contribution in [-0.2, 0) is 9.59 Å². The lowest BCUT2D eigenvalue weighted by molar-refractivity contribution is -0.135. The maximum atomic E-state index is 13.4. The van der Waals surface area contributed by atoms with Gasteiger partial charge >= 0.3 is 6.03 Å². The smallest absolute Gasteiger partial charge is 0.322 e. The molecular formula is C24H25ClN4O5. The lowest BCUT2D eigenvalue weighted by Crippen LogP contribution is -2.68. The molecule has 1 saturated carbocycles. The van der Waals surface area contributed by atoms with Gasteiger partial charge in [0.25, 0.3) is 0 Å². The summed E-state index contributed by atoms with van der Waals surface area (Å²) in [5.74, 6) is 0.452. The standard InChI is InChI=1S/C24H25ClN4O5/c25-14-5-7-15(8-6-14)27-24(32)29-18-4-2-1-3-17(18)28-23(31)19(29)12-22(30)26-16-9-10-20-21(11-16)34-13-33-20/h5-11,17-19H,1-4,12-13H2,(H,26,30)(H,27,32)(H,28,31)/t17-,18-,19-/m1/s1. The van der Waals surface area contributed by atoms with Crippen molar-refractivity contribution in [2.45, 2.75) is 50.2 Å². The van der Waals surface area contributed by atoms with Crippen molar-refractivity contribution < 1.29 is 23.9 Å². The molecule has 2 fully saturated rings. The molecule has 34 heavy (non-hydrogen) atoms. The van der Waals surface area contributed by atoms with Crippen molar-refractivity contribution in [1.29, 1.82) is 0 Å². The van der Waals surface area contributed by atoms with Gasteiger partial charge in [-0.2, -0.15) is 0 Å². The minimum Gasteiger partial charge on any atom is -0.454 e. The first-order valence-corrected chi connectivity index (χ1v) is 11.7. The van der Waals surface area contributed by atoms with Crippen molar-refractivity contribution in [3.8, 4) is 11.5 Å². The minimum absolute atomic E-state index is 0.120. The lowest BCUT2D eigenvalue weighted by Gasteiger charge is -2.47. The maximum Gasteiger partial charge on any atom is 0.322 e. The van der Waals surface area contributed by atoms with Gasteiger partial charge in [0.15, 0.2) is 11.5 Å². The van der Waals surface area contributed by atoms with Crippen LogP contribution in [0, 0.1) is 0 Å². The molecule has 178 valence electrons. The van der Waals surface area contributed by atoms with E-state index < -0.39 is 12.1 Å². The van der Waals surface area contributed by atoms with Gasteiger partial charge in [-0.05, 0) is 49.2 Å². The second kappa shape index (κ2) is 9.42. The van der Waals surface area contributed by atoms with Gasteiger partial charge in [-0.25, -0.2) is 4.79 Å². The van der Waals surface area contributed by atoms with E-state index in [1.165, 1.54) is 0 Å². The molecule has 3 atom stereocenters. The minimum atomic E-state index is -0.930. The third-order valence-corrected chi connectivity index (χ3v) is 6.67. The Morgan fingerprint density at radius 3 is 2.56 bits per heavy atom. The normalized spacial score (nSPS) is 23.0. The molecule has 2 heterocycles. The van der Waals surface area contributed by atoms with Gasteiger partial charge < -0.3 is 30.3 Å². The number of urea groups is 1. The molecule has 1 saturated heterocycles. The molecule has 0 aromatic heterocycles. The van der Waals surface area contributed by atoms with Gasteiger partial charge in [0, 0.05) is 28.5 Å². The number of halogens is 1. The summed E-state index contributed by atoms with van der Waals surface area (Å²) in [6.45, 7) is 0.134. The van der Waals surface area contributed by atoms with E-state index >= 15 is 0 Å². The number of amides is 4. The zero-order valence-corrected chi connectivity index (χ0v) is 19.1. The van der Waals surface area contributed by atoms with E-state index in [1.807, 2.05) is 0 Å². The molecule has 0 bridgehead atoms. The van der Waals surface area contributed by atoms with Crippen molar-refractivity contribution in [1.82, 2.24) is 10.2 Å². The predicted molar refractivity (Wildman–Crippen MR) is 126 cm³/mol. The van der Waals surface area contributed by atoms with Gasteiger partial charge in [0.2, 0.25) is 18.6 Å². The third-order valence-electron chi connectivity index (χ3n) is 6.42. The number of carbonyl (C=O) groups excluding carboxylic acids is 3. The number of hydrogen-bond donors (Lipinski definition) is 3. The molecule has 3 aliphatic rings. The van der Waals surface area contributed by atoms with Gasteiger partial charge in [0.1, 0.15) is 6.04 Å². The molecule has 9 nitrogen and oxygen atoms in total. The van der Waals surface area contributed by atoms with Crippen molar-refractivity contribution in [3.63, 3.8) is 0 Å². The van der Waals surface area contributed by atoms with E-state index in [9.17, 15) is 14.4 Å². The van der Waals surface area contributed by atoms with Crippen LogP contribution < -0.4 is 25.4 Å². The largest absolute Gasteiger partial charge is 0.454 e. The van der Waals surface area contributed by atoms with Gasteiger partial charge in [-0.3, -0.25) is 9.59 Å². The molecule has 0 radical (unpaired) electrons. The fraction of sp³-hybridized carbons (Fsp3) is 0.375. The Kier molecular flexibility index (Phi) is 6.19. The van der Waals surface area contributed by atoms with E-state index in [-0.39, 0.29) is 37.1 Å². The Morgan fingerprint density at radius 1 is 1.00 bits per heavy atom. The highest BCUT2D eigenvalue weighted by molar-refractivity contribution is 6.30. The summed E-state index contributed by atoms with van der Waals surface area (Å²) in [6.07, 6.45) is 3.34. The van der Waals surface area contributed by atoms with E-state index in [2.05, 4.69) is 16.0 Å². The summed E-state index contributed by atoms with van der Waals surface area (Å²) in [7, 11) is 0. The van der Waals surface area contributed by atoms with E-state index in [0.717, 1.165) is 25.7 Å². The molecular weight excluding hydrogens is 460 g/mol. The van der Waals surface area contributed by atoms with Crippen LogP contribution in [0.25, 0.3) is 0 Å². The maximum absolute atomic E-state index is 13.4. The summed E-state index contributed by atoms with van der Waals surface area (Å²) in [5, 5.41) is 9.25. The molecule has 4 amide bonds. The first-order valence-electron chi connectivity index (χ1n) is 11.3. The highest BCUT2D eigenvalue weighted by Crippen LogP contribution is 2.35. The highest BCUT2D eigenvalue weighted by atomic mass is 35.5. The fourth-order valence-corrected chi connectivity index (χ4v) is 4.94. The number of nitrogens with zero attached hydrogens (tertiary/aromatic N) is 1. The number of benzene rings is 2. The molecule has 2 aromatic carbocycles. The van der Waals surface area contributed by atoms with E-state index in [4.69, 9.17) is 21.1 Å². The Hall–Kier alpha value is -3.46. The van der Waals surface area contributed by atoms with Crippen molar-refractivity contribution in [2.75, 3.05) is 17.4 Å². The van der Waals surface area contributed by atoms with E-state index in [0.29, 0.717) is 27.9 Å². The van der Waals surface area contributed by atoms with Crippen LogP contribution >= 0.6 is 11.6 Å². The van der Waals surface area contributed by atoms with Crippen molar-refractivity contribution in [2.24, 2.45) is 0 Å². The molecule has 0 unspecified atom stereocenters. The van der Waals surface area contributed by atoms with Crippen LogP contribution in [0.1, 0.15) is 32.1 Å². The topological polar surface area (TPSA) is 109 Å². The molecule has 10 heteroatoms. The number of fused-ring (bicyclic) bond motifs is 2. The number of nitrogens with one attached hydrogen (secondary N) is 3. The van der Waals surface area contributed by atoms with Gasteiger partial charge in [-0.1, -0.05) is 24.4 Å².